The summed E-state index contributed by atoms with van der Waals surface area (Å²) in [6, 6.07) is 14.6. The van der Waals surface area contributed by atoms with E-state index in [1.807, 2.05) is 44.4 Å². The lowest BCUT2D eigenvalue weighted by molar-refractivity contribution is 0.155. The molecule has 1 aliphatic heterocycles. The maximum Gasteiger partial charge on any atom is 0.412 e. The Bertz CT molecular complexity index is 1210. The summed E-state index contributed by atoms with van der Waals surface area (Å²) >= 11 is 0. The van der Waals surface area contributed by atoms with Crippen LogP contribution < -0.4 is 15.4 Å². The van der Waals surface area contributed by atoms with Crippen molar-refractivity contribution >= 4 is 23.6 Å². The molecule has 0 spiro atoms. The molecule has 1 aromatic heterocycles. The Hall–Kier alpha value is -4.25. The number of nitrogens with one attached hydrogen (secondary N) is 2. The van der Waals surface area contributed by atoms with Gasteiger partial charge < -0.3 is 19.3 Å². The van der Waals surface area contributed by atoms with E-state index in [1.165, 1.54) is 24.5 Å². The van der Waals surface area contributed by atoms with Crippen molar-refractivity contribution in [2.24, 2.45) is 0 Å². The molecule has 1 saturated heterocycles. The first-order valence-electron chi connectivity index (χ1n) is 11.4. The largest absolute Gasteiger partial charge is 0.444 e. The van der Waals surface area contributed by atoms with Gasteiger partial charge in [0.05, 0.1) is 5.69 Å². The highest BCUT2D eigenvalue weighted by molar-refractivity contribution is 5.88. The Kier molecular flexibility index (Phi) is 7.91. The van der Waals surface area contributed by atoms with Crippen LogP contribution in [0.4, 0.5) is 25.5 Å². The summed E-state index contributed by atoms with van der Waals surface area (Å²) in [7, 11) is 3.98. The predicted molar refractivity (Wildman–Crippen MR) is 131 cm³/mol. The fourth-order valence-corrected chi connectivity index (χ4v) is 3.65. The summed E-state index contributed by atoms with van der Waals surface area (Å²) in [4.78, 5) is 36.4. The van der Waals surface area contributed by atoms with Crippen molar-refractivity contribution in [3.63, 3.8) is 0 Å². The maximum absolute atomic E-state index is 14.5. The monoisotopic (exact) mass is 494 g/mol. The number of rotatable bonds is 7. The van der Waals surface area contributed by atoms with Gasteiger partial charge in [0.15, 0.2) is 5.82 Å². The zero-order valence-electron chi connectivity index (χ0n) is 20.0. The van der Waals surface area contributed by atoms with Crippen LogP contribution in [0.15, 0.2) is 60.9 Å². The molecular weight excluding hydrogens is 467 g/mol. The number of nitrogens with zero attached hydrogens (tertiary/aromatic N) is 4. The maximum atomic E-state index is 14.5. The van der Waals surface area contributed by atoms with Crippen LogP contribution >= 0.6 is 0 Å². The molecule has 0 aliphatic carbocycles. The minimum atomic E-state index is -0.780. The number of anilines is 2. The molecule has 2 N–H and O–H groups in total. The van der Waals surface area contributed by atoms with Crippen LogP contribution in [0.2, 0.25) is 0 Å². The molecule has 1 fully saturated rings. The number of urea groups is 1. The van der Waals surface area contributed by atoms with Crippen molar-refractivity contribution in [1.82, 2.24) is 19.8 Å². The smallest absolute Gasteiger partial charge is 0.412 e. The van der Waals surface area contributed by atoms with Gasteiger partial charge in [0, 0.05) is 31.3 Å². The van der Waals surface area contributed by atoms with Crippen LogP contribution in [-0.4, -0.2) is 65.1 Å². The second kappa shape index (κ2) is 11.5. The third kappa shape index (κ3) is 6.66. The predicted octanol–water partition coefficient (Wildman–Crippen LogP) is 4.32. The summed E-state index contributed by atoms with van der Waals surface area (Å²) < 4.78 is 25.3. The lowest BCUT2D eigenvalue weighted by Gasteiger charge is -2.20. The number of carbonyl (C=O) groups excluding carboxylic acids is 2. The number of carbonyl (C=O) groups is 2. The second-order valence-corrected chi connectivity index (χ2v) is 8.45. The van der Waals surface area contributed by atoms with Gasteiger partial charge in [-0.1, -0.05) is 30.3 Å². The van der Waals surface area contributed by atoms with Crippen LogP contribution in [0.3, 0.4) is 0 Å². The van der Waals surface area contributed by atoms with Crippen LogP contribution in [0.1, 0.15) is 12.0 Å². The van der Waals surface area contributed by atoms with E-state index in [0.717, 1.165) is 18.1 Å². The van der Waals surface area contributed by atoms with Gasteiger partial charge in [-0.25, -0.2) is 23.9 Å². The number of amides is 3. The molecule has 188 valence electrons. The van der Waals surface area contributed by atoms with Gasteiger partial charge in [-0.15, -0.1) is 0 Å². The van der Waals surface area contributed by atoms with Crippen LogP contribution in [0.25, 0.3) is 0 Å². The lowest BCUT2D eigenvalue weighted by Crippen LogP contribution is -2.37. The molecule has 36 heavy (non-hydrogen) atoms. The lowest BCUT2D eigenvalue weighted by atomic mass is 10.2. The number of halogens is 1. The van der Waals surface area contributed by atoms with Crippen molar-refractivity contribution in [3.8, 4) is 11.6 Å². The molecule has 1 atom stereocenters. The summed E-state index contributed by atoms with van der Waals surface area (Å²) in [5, 5.41) is 5.10. The number of hydrogen-bond donors (Lipinski definition) is 2. The first-order valence-corrected chi connectivity index (χ1v) is 11.4. The molecule has 1 unspecified atom stereocenters. The minimum absolute atomic E-state index is 0.0577. The number of hydrogen-bond acceptors (Lipinski definition) is 7. The van der Waals surface area contributed by atoms with Crippen LogP contribution in [0.5, 0.6) is 11.6 Å². The highest BCUT2D eigenvalue weighted by Gasteiger charge is 2.27. The molecule has 4 rings (SSSR count). The zero-order chi connectivity index (χ0) is 25.5. The molecule has 0 radical (unpaired) electrons. The van der Waals surface area contributed by atoms with Crippen molar-refractivity contribution in [2.45, 2.75) is 19.1 Å². The van der Waals surface area contributed by atoms with Crippen LogP contribution in [-0.2, 0) is 11.3 Å². The first kappa shape index (κ1) is 24.9. The standard InChI is InChI=1S/C25H27FN6O4/c1-31(2)18-10-11-32(14-18)24(33)30-22-13-23(28-16-27-22)36-19-8-9-21(20(26)12-19)29-25(34)35-15-17-6-4-3-5-7-17/h3-9,12-13,16,18H,10-11,14-15H2,1-2H3,(H,29,34)(H,27,28,30,33). The fourth-order valence-electron chi connectivity index (χ4n) is 3.65. The molecule has 0 bridgehead atoms. The third-order valence-corrected chi connectivity index (χ3v) is 5.67. The van der Waals surface area contributed by atoms with E-state index >= 15 is 0 Å². The normalized spacial score (nSPS) is 15.0. The van der Waals surface area contributed by atoms with Crippen molar-refractivity contribution in [1.29, 1.82) is 0 Å². The van der Waals surface area contributed by atoms with Crippen molar-refractivity contribution < 1.29 is 23.5 Å². The molecule has 2 aromatic carbocycles. The summed E-state index contributed by atoms with van der Waals surface area (Å²) in [5.74, 6) is -0.176. The van der Waals surface area contributed by atoms with E-state index in [0.29, 0.717) is 19.1 Å². The molecule has 0 saturated carbocycles. The topological polar surface area (TPSA) is 109 Å². The Morgan fingerprint density at radius 3 is 2.64 bits per heavy atom. The van der Waals surface area contributed by atoms with Gasteiger partial charge in [-0.2, -0.15) is 0 Å². The number of aromatic nitrogens is 2. The molecule has 1 aliphatic rings. The van der Waals surface area contributed by atoms with E-state index in [-0.39, 0.29) is 35.8 Å². The number of benzene rings is 2. The Labute approximate surface area is 208 Å². The molecule has 10 nitrogen and oxygen atoms in total. The number of likely N-dealkylation sites (N-methyl/N-ethyl adjacent to an activating group) is 1. The fraction of sp³-hybridized carbons (Fsp3) is 0.280. The Morgan fingerprint density at radius 2 is 1.92 bits per heavy atom. The van der Waals surface area contributed by atoms with Gasteiger partial charge in [-0.3, -0.25) is 10.6 Å². The third-order valence-electron chi connectivity index (χ3n) is 5.67. The SMILES string of the molecule is CN(C)C1CCN(C(=O)Nc2cc(Oc3ccc(NC(=O)OCc4ccccc4)c(F)c3)ncn2)C1. The molecule has 11 heteroatoms. The van der Waals surface area contributed by atoms with Crippen molar-refractivity contribution in [2.75, 3.05) is 37.8 Å². The number of ether oxygens (including phenoxy) is 2. The Morgan fingerprint density at radius 1 is 1.11 bits per heavy atom. The molecule has 3 amide bonds. The van der Waals surface area contributed by atoms with Gasteiger partial charge in [0.25, 0.3) is 0 Å². The zero-order valence-corrected chi connectivity index (χ0v) is 20.0. The molecule has 2 heterocycles. The van der Waals surface area contributed by atoms with E-state index in [1.54, 1.807) is 4.90 Å². The van der Waals surface area contributed by atoms with Gasteiger partial charge >= 0.3 is 12.1 Å². The Balaban J connectivity index is 1.31. The summed E-state index contributed by atoms with van der Waals surface area (Å²) in [6.07, 6.45) is 1.37. The van der Waals surface area contributed by atoms with E-state index in [9.17, 15) is 14.0 Å². The second-order valence-electron chi connectivity index (χ2n) is 8.45. The van der Waals surface area contributed by atoms with Gasteiger partial charge in [0.1, 0.15) is 24.5 Å². The first-order chi connectivity index (χ1) is 17.4. The van der Waals surface area contributed by atoms with Gasteiger partial charge in [0.2, 0.25) is 5.88 Å². The van der Waals surface area contributed by atoms with E-state index in [4.69, 9.17) is 9.47 Å². The minimum Gasteiger partial charge on any atom is -0.444 e. The summed E-state index contributed by atoms with van der Waals surface area (Å²) in [5.41, 5.74) is 0.758. The summed E-state index contributed by atoms with van der Waals surface area (Å²) in [6.45, 7) is 1.35. The van der Waals surface area contributed by atoms with Gasteiger partial charge in [-0.05, 0) is 38.2 Å². The van der Waals surface area contributed by atoms with E-state index < -0.39 is 11.9 Å². The quantitative estimate of drug-likeness (QED) is 0.503. The van der Waals surface area contributed by atoms with E-state index in [2.05, 4.69) is 25.5 Å². The molecular formula is C25H27FN6O4. The highest BCUT2D eigenvalue weighted by atomic mass is 19.1. The highest BCUT2D eigenvalue weighted by Crippen LogP contribution is 2.26. The molecule has 3 aromatic rings. The van der Waals surface area contributed by atoms with Crippen LogP contribution in [0, 0.1) is 5.82 Å². The average molecular weight is 495 g/mol. The average Bonchev–Trinajstić information content (AvgIpc) is 3.37. The van der Waals surface area contributed by atoms with Crippen molar-refractivity contribution in [3.05, 3.63) is 72.3 Å². The number of likely N-dealkylation sites (tertiary alicyclic amines) is 1.